The summed E-state index contributed by atoms with van der Waals surface area (Å²) in [6.45, 7) is -0.0576. The molecule has 3 aromatic rings. The minimum absolute atomic E-state index is 0.0315. The molecule has 1 saturated carbocycles. The van der Waals surface area contributed by atoms with E-state index in [0.29, 0.717) is 17.3 Å². The normalized spacial score (nSPS) is 20.8. The molecule has 1 saturated heterocycles. The number of primary amides is 1. The summed E-state index contributed by atoms with van der Waals surface area (Å²) >= 11 is 5.80. The van der Waals surface area contributed by atoms with Gasteiger partial charge in [-0.25, -0.2) is 14.0 Å². The highest BCUT2D eigenvalue weighted by atomic mass is 35.5. The third kappa shape index (κ3) is 3.79. The van der Waals surface area contributed by atoms with Crippen LogP contribution in [0.2, 0.25) is 5.02 Å². The number of rotatable bonds is 4. The number of hydrogen-bond acceptors (Lipinski definition) is 4. The molecular formula is C23H21ClFN5O4. The number of benzene rings is 2. The van der Waals surface area contributed by atoms with Crippen molar-refractivity contribution in [2.75, 3.05) is 5.32 Å². The Morgan fingerprint density at radius 1 is 1.21 bits per heavy atom. The molecule has 34 heavy (non-hydrogen) atoms. The van der Waals surface area contributed by atoms with Crippen LogP contribution in [0.5, 0.6) is 5.75 Å². The number of amides is 4. The van der Waals surface area contributed by atoms with Gasteiger partial charge in [0.2, 0.25) is 5.91 Å². The lowest BCUT2D eigenvalue weighted by Gasteiger charge is -2.27. The number of hydrogen-bond donors (Lipinski definition) is 4. The molecule has 1 aliphatic heterocycles. The molecule has 1 aromatic heterocycles. The van der Waals surface area contributed by atoms with E-state index in [1.165, 1.54) is 41.4 Å². The molecule has 0 spiro atoms. The van der Waals surface area contributed by atoms with E-state index in [4.69, 9.17) is 17.3 Å². The fourth-order valence-corrected chi connectivity index (χ4v) is 4.84. The fourth-order valence-electron chi connectivity index (χ4n) is 4.65. The van der Waals surface area contributed by atoms with Crippen molar-refractivity contribution in [2.45, 2.75) is 31.5 Å². The van der Waals surface area contributed by atoms with Gasteiger partial charge in [-0.15, -0.1) is 0 Å². The zero-order valence-electron chi connectivity index (χ0n) is 17.8. The van der Waals surface area contributed by atoms with Crippen molar-refractivity contribution in [2.24, 2.45) is 11.7 Å². The van der Waals surface area contributed by atoms with Crippen LogP contribution in [0.4, 0.5) is 19.7 Å². The number of halogens is 2. The van der Waals surface area contributed by atoms with Gasteiger partial charge in [-0.05, 0) is 43.0 Å². The smallest absolute Gasteiger partial charge is 0.323 e. The van der Waals surface area contributed by atoms with Crippen molar-refractivity contribution in [1.82, 2.24) is 14.8 Å². The van der Waals surface area contributed by atoms with E-state index in [1.807, 2.05) is 0 Å². The van der Waals surface area contributed by atoms with E-state index in [-0.39, 0.29) is 46.4 Å². The number of aromatic nitrogens is 1. The molecule has 2 aromatic carbocycles. The summed E-state index contributed by atoms with van der Waals surface area (Å²) < 4.78 is 15.3. The summed E-state index contributed by atoms with van der Waals surface area (Å²) in [5.41, 5.74) is 6.37. The Morgan fingerprint density at radius 2 is 2.00 bits per heavy atom. The van der Waals surface area contributed by atoms with E-state index in [9.17, 15) is 23.9 Å². The van der Waals surface area contributed by atoms with Crippen molar-refractivity contribution in [3.63, 3.8) is 0 Å². The molecule has 2 heterocycles. The van der Waals surface area contributed by atoms with E-state index in [2.05, 4.69) is 10.6 Å². The van der Waals surface area contributed by atoms with Gasteiger partial charge in [0, 0.05) is 29.7 Å². The molecule has 4 amide bonds. The Hall–Kier alpha value is -3.79. The summed E-state index contributed by atoms with van der Waals surface area (Å²) in [6.07, 6.45) is 2.68. The Kier molecular flexibility index (Phi) is 5.32. The van der Waals surface area contributed by atoms with Crippen LogP contribution < -0.4 is 16.4 Å². The van der Waals surface area contributed by atoms with Crippen LogP contribution >= 0.6 is 11.6 Å². The van der Waals surface area contributed by atoms with E-state index in [0.717, 1.165) is 11.0 Å². The molecule has 5 N–H and O–H groups in total. The molecule has 0 bridgehead atoms. The van der Waals surface area contributed by atoms with Crippen molar-refractivity contribution in [3.05, 3.63) is 59.0 Å². The molecule has 0 radical (unpaired) electrons. The first-order valence-electron chi connectivity index (χ1n) is 10.7. The number of likely N-dealkylation sites (tertiary alicyclic amines) is 1. The molecule has 9 nitrogen and oxygen atoms in total. The maximum Gasteiger partial charge on any atom is 0.323 e. The molecule has 2 fully saturated rings. The number of phenolic OH excluding ortho intramolecular Hbond substituents is 1. The highest BCUT2D eigenvalue weighted by Gasteiger charge is 2.56. The second-order valence-corrected chi connectivity index (χ2v) is 8.94. The summed E-state index contributed by atoms with van der Waals surface area (Å²) in [5, 5.41) is 15.7. The standard InChI is InChI=1S/C23H21ClFN5O4/c24-15-3-1-2-11(20(15)25)9-27-21(32)19-7-12-6-18(12)30(19)23(34)28-16-10-29(22(26)33)17-5-4-13(31)8-14(16)17/h1-5,8,10,12,18-19,31H,6-7,9H2,(H2,26,33)(H,27,32)(H,28,34)/t12-,18-,19+/m1/s1. The first kappa shape index (κ1) is 22.0. The Labute approximate surface area is 198 Å². The third-order valence-corrected chi connectivity index (χ3v) is 6.69. The summed E-state index contributed by atoms with van der Waals surface area (Å²) in [6, 6.07) is 6.84. The number of urea groups is 1. The van der Waals surface area contributed by atoms with Crippen molar-refractivity contribution in [3.8, 4) is 5.75 Å². The molecule has 3 atom stereocenters. The first-order valence-corrected chi connectivity index (χ1v) is 11.1. The highest BCUT2D eigenvalue weighted by Crippen LogP contribution is 2.48. The average Bonchev–Trinajstić information content (AvgIpc) is 3.31. The third-order valence-electron chi connectivity index (χ3n) is 6.39. The Morgan fingerprint density at radius 3 is 2.76 bits per heavy atom. The number of piperidine rings is 1. The van der Waals surface area contributed by atoms with Crippen molar-refractivity contribution in [1.29, 1.82) is 0 Å². The quantitative estimate of drug-likeness (QED) is 0.451. The second-order valence-electron chi connectivity index (χ2n) is 8.54. The maximum atomic E-state index is 14.2. The van der Waals surface area contributed by atoms with E-state index in [1.54, 1.807) is 6.07 Å². The minimum Gasteiger partial charge on any atom is -0.508 e. The average molecular weight is 486 g/mol. The van der Waals surface area contributed by atoms with Crippen LogP contribution in [0.1, 0.15) is 18.4 Å². The topological polar surface area (TPSA) is 130 Å². The van der Waals surface area contributed by atoms with Crippen molar-refractivity contribution >= 4 is 46.2 Å². The van der Waals surface area contributed by atoms with Crippen LogP contribution in [-0.4, -0.2) is 44.6 Å². The van der Waals surface area contributed by atoms with E-state index >= 15 is 0 Å². The molecular weight excluding hydrogens is 465 g/mol. The van der Waals surface area contributed by atoms with Gasteiger partial charge in [-0.1, -0.05) is 23.7 Å². The summed E-state index contributed by atoms with van der Waals surface area (Å²) in [7, 11) is 0. The SMILES string of the molecule is NC(=O)n1cc(NC(=O)N2[C@@H]3C[C@@H]3C[C@H]2C(=O)NCc2cccc(Cl)c2F)c2cc(O)ccc21. The number of aromatic hydroxyl groups is 1. The summed E-state index contributed by atoms with van der Waals surface area (Å²) in [4.78, 5) is 39.4. The number of carbonyl (C=O) groups is 3. The maximum absolute atomic E-state index is 14.2. The number of fused-ring (bicyclic) bond motifs is 2. The number of phenols is 1. The molecule has 176 valence electrons. The predicted molar refractivity (Wildman–Crippen MR) is 123 cm³/mol. The number of carbonyl (C=O) groups excluding carboxylic acids is 3. The largest absolute Gasteiger partial charge is 0.508 e. The molecule has 11 heteroatoms. The monoisotopic (exact) mass is 485 g/mol. The lowest BCUT2D eigenvalue weighted by Crippen LogP contribution is -2.49. The molecule has 2 aliphatic rings. The second kappa shape index (κ2) is 8.21. The number of nitrogens with one attached hydrogen (secondary N) is 2. The summed E-state index contributed by atoms with van der Waals surface area (Å²) in [5.74, 6) is -0.805. The Bertz CT molecular complexity index is 1340. The van der Waals surface area contributed by atoms with Gasteiger partial charge in [-0.2, -0.15) is 0 Å². The molecule has 0 unspecified atom stereocenters. The van der Waals surface area contributed by atoms with Crippen LogP contribution in [0.25, 0.3) is 10.9 Å². The van der Waals surface area contributed by atoms with Crippen LogP contribution in [0, 0.1) is 11.7 Å². The van der Waals surface area contributed by atoms with Gasteiger partial charge in [-0.3, -0.25) is 9.36 Å². The Balaban J connectivity index is 1.34. The van der Waals surface area contributed by atoms with Crippen LogP contribution in [-0.2, 0) is 11.3 Å². The van der Waals surface area contributed by atoms with Gasteiger partial charge in [0.1, 0.15) is 17.6 Å². The fraction of sp³-hybridized carbons (Fsp3) is 0.261. The number of nitrogens with two attached hydrogens (primary N) is 1. The molecule has 5 rings (SSSR count). The van der Waals surface area contributed by atoms with Crippen LogP contribution in [0.3, 0.4) is 0 Å². The van der Waals surface area contributed by atoms with Gasteiger partial charge in [0.25, 0.3) is 0 Å². The zero-order chi connectivity index (χ0) is 24.1. The number of nitrogens with zero attached hydrogens (tertiary/aromatic N) is 2. The van der Waals surface area contributed by atoms with Gasteiger partial charge in [0.05, 0.1) is 16.2 Å². The first-order chi connectivity index (χ1) is 16.2. The lowest BCUT2D eigenvalue weighted by atomic mass is 10.1. The van der Waals surface area contributed by atoms with E-state index < -0.39 is 23.9 Å². The predicted octanol–water partition coefficient (Wildman–Crippen LogP) is 3.38. The van der Waals surface area contributed by atoms with Gasteiger partial charge >= 0.3 is 12.1 Å². The molecule has 1 aliphatic carbocycles. The number of anilines is 1. The van der Waals surface area contributed by atoms with Crippen LogP contribution in [0.15, 0.2) is 42.6 Å². The minimum atomic E-state index is -0.745. The van der Waals surface area contributed by atoms with Gasteiger partial charge in [0.15, 0.2) is 0 Å². The lowest BCUT2D eigenvalue weighted by molar-refractivity contribution is -0.125. The highest BCUT2D eigenvalue weighted by molar-refractivity contribution is 6.30. The van der Waals surface area contributed by atoms with Crippen molar-refractivity contribution < 1.29 is 23.9 Å². The zero-order valence-corrected chi connectivity index (χ0v) is 18.6. The van der Waals surface area contributed by atoms with Gasteiger partial charge < -0.3 is 26.4 Å².